The third-order valence-corrected chi connectivity index (χ3v) is 2.59. The van der Waals surface area contributed by atoms with Crippen molar-refractivity contribution in [1.82, 2.24) is 19.7 Å². The number of nitrogens with zero attached hydrogens (tertiary/aromatic N) is 4. The van der Waals surface area contributed by atoms with Crippen LogP contribution in [0.25, 0.3) is 0 Å². The fraction of sp³-hybridized carbons (Fsp3) is 0.364. The summed E-state index contributed by atoms with van der Waals surface area (Å²) in [5, 5.41) is 7.36. The molecule has 2 heterocycles. The molecule has 6 nitrogen and oxygen atoms in total. The highest BCUT2D eigenvalue weighted by atomic mass is 15.3. The molecular weight excluding hydrogens is 216 g/mol. The lowest BCUT2D eigenvalue weighted by Crippen LogP contribution is -2.11. The first-order valence-electron chi connectivity index (χ1n) is 5.46. The molecular formula is C11H16N6. The van der Waals surface area contributed by atoms with Gasteiger partial charge in [-0.3, -0.25) is 4.68 Å². The third-order valence-electron chi connectivity index (χ3n) is 2.59. The van der Waals surface area contributed by atoms with Gasteiger partial charge in [-0.1, -0.05) is 0 Å². The van der Waals surface area contributed by atoms with Crippen molar-refractivity contribution in [3.63, 3.8) is 0 Å². The van der Waals surface area contributed by atoms with Crippen LogP contribution in [0, 0.1) is 6.92 Å². The lowest BCUT2D eigenvalue weighted by atomic mass is 10.3. The van der Waals surface area contributed by atoms with E-state index in [1.165, 1.54) is 5.69 Å². The summed E-state index contributed by atoms with van der Waals surface area (Å²) in [5.74, 6) is 1.08. The Kier molecular flexibility index (Phi) is 3.22. The minimum atomic E-state index is 0.290. The molecule has 0 spiro atoms. The number of nitrogens with one attached hydrogen (secondary N) is 1. The summed E-state index contributed by atoms with van der Waals surface area (Å²) in [6, 6.07) is 2.00. The van der Waals surface area contributed by atoms with E-state index in [1.54, 1.807) is 12.4 Å². The van der Waals surface area contributed by atoms with Gasteiger partial charge in [0, 0.05) is 43.7 Å². The summed E-state index contributed by atoms with van der Waals surface area (Å²) in [7, 11) is 1.93. The van der Waals surface area contributed by atoms with E-state index in [0.29, 0.717) is 5.95 Å². The number of rotatable bonds is 4. The molecule has 0 saturated carbocycles. The Morgan fingerprint density at radius 3 is 3.00 bits per heavy atom. The van der Waals surface area contributed by atoms with Crippen molar-refractivity contribution in [1.29, 1.82) is 0 Å². The summed E-state index contributed by atoms with van der Waals surface area (Å²) >= 11 is 0. The molecule has 0 aromatic carbocycles. The number of anilines is 2. The van der Waals surface area contributed by atoms with Crippen molar-refractivity contribution in [3.8, 4) is 0 Å². The highest BCUT2D eigenvalue weighted by molar-refractivity contribution is 5.45. The van der Waals surface area contributed by atoms with E-state index >= 15 is 0 Å². The van der Waals surface area contributed by atoms with Gasteiger partial charge in [-0.15, -0.1) is 0 Å². The monoisotopic (exact) mass is 232 g/mol. The Balaban J connectivity index is 1.94. The van der Waals surface area contributed by atoms with Gasteiger partial charge in [0.25, 0.3) is 0 Å². The highest BCUT2D eigenvalue weighted by Crippen LogP contribution is 2.10. The molecule has 3 N–H and O–H groups in total. The summed E-state index contributed by atoms with van der Waals surface area (Å²) in [5.41, 5.74) is 7.71. The van der Waals surface area contributed by atoms with Crippen molar-refractivity contribution in [3.05, 3.63) is 29.7 Å². The van der Waals surface area contributed by atoms with E-state index in [9.17, 15) is 0 Å². The summed E-state index contributed by atoms with van der Waals surface area (Å²) in [4.78, 5) is 8.07. The highest BCUT2D eigenvalue weighted by Gasteiger charge is 2.02. The van der Waals surface area contributed by atoms with E-state index in [1.807, 2.05) is 24.7 Å². The van der Waals surface area contributed by atoms with Crippen LogP contribution in [0.3, 0.4) is 0 Å². The lowest BCUT2D eigenvalue weighted by Gasteiger charge is -2.08. The molecule has 2 rings (SSSR count). The average molecular weight is 232 g/mol. The maximum Gasteiger partial charge on any atom is 0.221 e. The minimum absolute atomic E-state index is 0.290. The summed E-state index contributed by atoms with van der Waals surface area (Å²) in [6.45, 7) is 2.74. The molecule has 0 aliphatic rings. The molecule has 2 aromatic heterocycles. The molecule has 6 heteroatoms. The van der Waals surface area contributed by atoms with Crippen molar-refractivity contribution < 1.29 is 0 Å². The Morgan fingerprint density at radius 2 is 2.29 bits per heavy atom. The van der Waals surface area contributed by atoms with Crippen molar-refractivity contribution in [2.75, 3.05) is 17.6 Å². The predicted octanol–water partition coefficient (Wildman–Crippen LogP) is 0.755. The van der Waals surface area contributed by atoms with Crippen molar-refractivity contribution in [2.24, 2.45) is 7.05 Å². The topological polar surface area (TPSA) is 81.7 Å². The standard InChI is InChI=1S/C11H16N6/c1-8-7-14-11(12)16-10(8)13-5-3-9-4-6-15-17(9)2/h4,6-7H,3,5H2,1-2H3,(H3,12,13,14,16). The zero-order valence-corrected chi connectivity index (χ0v) is 10.0. The maximum absolute atomic E-state index is 5.54. The smallest absolute Gasteiger partial charge is 0.221 e. The number of hydrogen-bond acceptors (Lipinski definition) is 5. The number of aryl methyl sites for hydroxylation is 2. The summed E-state index contributed by atoms with van der Waals surface area (Å²) < 4.78 is 1.86. The Hall–Kier alpha value is -2.11. The molecule has 0 unspecified atom stereocenters. The van der Waals surface area contributed by atoms with Crippen LogP contribution >= 0.6 is 0 Å². The molecule has 0 saturated heterocycles. The molecule has 0 aliphatic carbocycles. The van der Waals surface area contributed by atoms with Gasteiger partial charge in [-0.05, 0) is 13.0 Å². The van der Waals surface area contributed by atoms with Crippen LogP contribution in [0.1, 0.15) is 11.3 Å². The first-order chi connectivity index (χ1) is 8.16. The van der Waals surface area contributed by atoms with Crippen molar-refractivity contribution >= 4 is 11.8 Å². The van der Waals surface area contributed by atoms with Gasteiger partial charge in [-0.25, -0.2) is 4.98 Å². The third kappa shape index (κ3) is 2.72. The Morgan fingerprint density at radius 1 is 1.47 bits per heavy atom. The van der Waals surface area contributed by atoms with E-state index < -0.39 is 0 Å². The Bertz CT molecular complexity index is 504. The van der Waals surface area contributed by atoms with Crippen LogP contribution in [-0.2, 0) is 13.5 Å². The molecule has 0 bridgehead atoms. The van der Waals surface area contributed by atoms with Crippen LogP contribution in [0.4, 0.5) is 11.8 Å². The zero-order valence-electron chi connectivity index (χ0n) is 10.0. The number of aromatic nitrogens is 4. The van der Waals surface area contributed by atoms with Crippen LogP contribution in [0.2, 0.25) is 0 Å². The summed E-state index contributed by atoms with van der Waals surface area (Å²) in [6.07, 6.45) is 4.40. The van der Waals surface area contributed by atoms with Crippen LogP contribution < -0.4 is 11.1 Å². The van der Waals surface area contributed by atoms with Gasteiger partial charge in [0.05, 0.1) is 0 Å². The molecule has 0 amide bonds. The maximum atomic E-state index is 5.54. The fourth-order valence-electron chi connectivity index (χ4n) is 1.59. The van der Waals surface area contributed by atoms with Gasteiger partial charge in [0.1, 0.15) is 5.82 Å². The molecule has 0 radical (unpaired) electrons. The average Bonchev–Trinajstić information content (AvgIpc) is 2.70. The molecule has 90 valence electrons. The first-order valence-corrected chi connectivity index (χ1v) is 5.46. The largest absolute Gasteiger partial charge is 0.369 e. The normalized spacial score (nSPS) is 10.5. The molecule has 0 aliphatic heterocycles. The van der Waals surface area contributed by atoms with Crippen LogP contribution in [-0.4, -0.2) is 26.3 Å². The lowest BCUT2D eigenvalue weighted by molar-refractivity contribution is 0.711. The van der Waals surface area contributed by atoms with Crippen LogP contribution in [0.15, 0.2) is 18.5 Å². The molecule has 17 heavy (non-hydrogen) atoms. The van der Waals surface area contributed by atoms with Gasteiger partial charge < -0.3 is 11.1 Å². The predicted molar refractivity (Wildman–Crippen MR) is 66.6 cm³/mol. The number of nitrogen functional groups attached to an aromatic ring is 1. The number of nitrogens with two attached hydrogens (primary N) is 1. The van der Waals surface area contributed by atoms with Crippen LogP contribution in [0.5, 0.6) is 0 Å². The second kappa shape index (κ2) is 4.82. The fourth-order valence-corrected chi connectivity index (χ4v) is 1.59. The second-order valence-corrected chi connectivity index (χ2v) is 3.88. The van der Waals surface area contributed by atoms with Gasteiger partial charge in [0.15, 0.2) is 0 Å². The van der Waals surface area contributed by atoms with Crippen molar-refractivity contribution in [2.45, 2.75) is 13.3 Å². The molecule has 0 atom stereocenters. The zero-order chi connectivity index (χ0) is 12.3. The van der Waals surface area contributed by atoms with Gasteiger partial charge >= 0.3 is 0 Å². The van der Waals surface area contributed by atoms with E-state index in [2.05, 4.69) is 20.4 Å². The first kappa shape index (κ1) is 11.4. The molecule has 2 aromatic rings. The minimum Gasteiger partial charge on any atom is -0.369 e. The van der Waals surface area contributed by atoms with Gasteiger partial charge in [-0.2, -0.15) is 10.1 Å². The Labute approximate surface area is 99.9 Å². The quantitative estimate of drug-likeness (QED) is 0.813. The van der Waals surface area contributed by atoms with E-state index in [-0.39, 0.29) is 0 Å². The SMILES string of the molecule is Cc1cnc(N)nc1NCCc1ccnn1C. The molecule has 0 fully saturated rings. The number of hydrogen-bond donors (Lipinski definition) is 2. The van der Waals surface area contributed by atoms with Gasteiger partial charge in [0.2, 0.25) is 5.95 Å². The van der Waals surface area contributed by atoms with E-state index in [4.69, 9.17) is 5.73 Å². The van der Waals surface area contributed by atoms with E-state index in [0.717, 1.165) is 24.3 Å². The second-order valence-electron chi connectivity index (χ2n) is 3.88.